The third-order valence-corrected chi connectivity index (χ3v) is 4.53. The van der Waals surface area contributed by atoms with Crippen molar-refractivity contribution < 1.29 is 27.8 Å². The molecule has 0 radical (unpaired) electrons. The average Bonchev–Trinajstić information content (AvgIpc) is 2.59. The molecule has 2 amide bonds. The zero-order valence-corrected chi connectivity index (χ0v) is 16.9. The lowest BCUT2D eigenvalue weighted by atomic mass is 10.0. The van der Waals surface area contributed by atoms with Gasteiger partial charge in [-0.05, 0) is 58.4 Å². The maximum atomic E-state index is 13.0. The lowest BCUT2D eigenvalue weighted by Crippen LogP contribution is -2.60. The molecular formula is C20H28F2N2O4. The topological polar surface area (TPSA) is 59.1 Å². The molecule has 1 aliphatic rings. The van der Waals surface area contributed by atoms with Gasteiger partial charge in [-0.25, -0.2) is 4.79 Å². The number of rotatable bonds is 4. The van der Waals surface area contributed by atoms with Crippen LogP contribution in [-0.4, -0.2) is 59.2 Å². The summed E-state index contributed by atoms with van der Waals surface area (Å²) in [6.07, 6.45) is 0.281. The Hall–Kier alpha value is -2.38. The predicted octanol–water partition coefficient (Wildman–Crippen LogP) is 4.15. The van der Waals surface area contributed by atoms with Crippen LogP contribution in [0.3, 0.4) is 0 Å². The molecule has 156 valence electrons. The standard InChI is InChI=1S/C20H28F2N2O4/c1-6-15-12-23(19(26)28-20(3,4)5)13(2)11-24(15)17(25)14-7-9-16(10-8-14)27-18(21)22/h7-10,13,15,18H,6,11-12H2,1-5H3/t13-,15+/m0/s1. The lowest BCUT2D eigenvalue weighted by Gasteiger charge is -2.45. The molecular weight excluding hydrogens is 370 g/mol. The van der Waals surface area contributed by atoms with E-state index in [9.17, 15) is 18.4 Å². The van der Waals surface area contributed by atoms with Gasteiger partial charge in [0.2, 0.25) is 0 Å². The Morgan fingerprint density at radius 3 is 2.25 bits per heavy atom. The number of ether oxygens (including phenoxy) is 2. The van der Waals surface area contributed by atoms with E-state index in [2.05, 4.69) is 4.74 Å². The van der Waals surface area contributed by atoms with Crippen molar-refractivity contribution in [3.63, 3.8) is 0 Å². The second-order valence-electron chi connectivity index (χ2n) is 7.90. The molecule has 28 heavy (non-hydrogen) atoms. The van der Waals surface area contributed by atoms with Gasteiger partial charge >= 0.3 is 12.7 Å². The smallest absolute Gasteiger partial charge is 0.410 e. The largest absolute Gasteiger partial charge is 0.444 e. The van der Waals surface area contributed by atoms with Gasteiger partial charge < -0.3 is 19.3 Å². The fraction of sp³-hybridized carbons (Fsp3) is 0.600. The minimum absolute atomic E-state index is 0.00158. The summed E-state index contributed by atoms with van der Waals surface area (Å²) in [5, 5.41) is 0. The molecule has 1 aromatic rings. The highest BCUT2D eigenvalue weighted by molar-refractivity contribution is 5.94. The van der Waals surface area contributed by atoms with E-state index in [0.717, 1.165) is 0 Å². The Balaban J connectivity index is 2.11. The van der Waals surface area contributed by atoms with Crippen LogP contribution in [0.5, 0.6) is 5.75 Å². The average molecular weight is 398 g/mol. The molecule has 8 heteroatoms. The fourth-order valence-electron chi connectivity index (χ4n) is 3.16. The maximum Gasteiger partial charge on any atom is 0.410 e. The molecule has 2 atom stereocenters. The molecule has 1 aliphatic heterocycles. The summed E-state index contributed by atoms with van der Waals surface area (Å²) >= 11 is 0. The van der Waals surface area contributed by atoms with Crippen LogP contribution in [0.25, 0.3) is 0 Å². The van der Waals surface area contributed by atoms with Gasteiger partial charge in [0.15, 0.2) is 0 Å². The number of carbonyl (C=O) groups excluding carboxylic acids is 2. The number of hydrogen-bond acceptors (Lipinski definition) is 4. The summed E-state index contributed by atoms with van der Waals surface area (Å²) in [4.78, 5) is 28.8. The van der Waals surface area contributed by atoms with Crippen LogP contribution in [-0.2, 0) is 4.74 Å². The van der Waals surface area contributed by atoms with Crippen LogP contribution >= 0.6 is 0 Å². The summed E-state index contributed by atoms with van der Waals surface area (Å²) in [6.45, 7) is 7.10. The van der Waals surface area contributed by atoms with Crippen molar-refractivity contribution in [3.8, 4) is 5.75 Å². The van der Waals surface area contributed by atoms with Crippen molar-refractivity contribution in [2.45, 2.75) is 65.3 Å². The van der Waals surface area contributed by atoms with Crippen molar-refractivity contribution in [1.82, 2.24) is 9.80 Å². The number of alkyl halides is 2. The van der Waals surface area contributed by atoms with Gasteiger partial charge in [0.05, 0.1) is 0 Å². The van der Waals surface area contributed by atoms with Crippen molar-refractivity contribution in [2.75, 3.05) is 13.1 Å². The van der Waals surface area contributed by atoms with E-state index in [4.69, 9.17) is 4.74 Å². The van der Waals surface area contributed by atoms with Gasteiger partial charge in [0.1, 0.15) is 11.4 Å². The highest BCUT2D eigenvalue weighted by Crippen LogP contribution is 2.23. The first kappa shape index (κ1) is 21.9. The molecule has 1 saturated heterocycles. The Kier molecular flexibility index (Phi) is 6.85. The number of halogens is 2. The van der Waals surface area contributed by atoms with Crippen LogP contribution in [0.4, 0.5) is 13.6 Å². The predicted molar refractivity (Wildman–Crippen MR) is 101 cm³/mol. The van der Waals surface area contributed by atoms with Gasteiger partial charge in [0.25, 0.3) is 5.91 Å². The number of benzene rings is 1. The van der Waals surface area contributed by atoms with E-state index in [1.54, 1.807) is 9.80 Å². The molecule has 0 aliphatic carbocycles. The van der Waals surface area contributed by atoms with Gasteiger partial charge in [-0.15, -0.1) is 0 Å². The summed E-state index contributed by atoms with van der Waals surface area (Å²) in [5.41, 5.74) is -0.203. The second kappa shape index (κ2) is 8.75. The van der Waals surface area contributed by atoms with Gasteiger partial charge in [-0.1, -0.05) is 6.92 Å². The number of piperazine rings is 1. The zero-order valence-electron chi connectivity index (χ0n) is 16.9. The van der Waals surface area contributed by atoms with Crippen LogP contribution in [0.1, 0.15) is 51.4 Å². The van der Waals surface area contributed by atoms with Crippen molar-refractivity contribution >= 4 is 12.0 Å². The highest BCUT2D eigenvalue weighted by atomic mass is 19.3. The van der Waals surface area contributed by atoms with Crippen molar-refractivity contribution in [2.24, 2.45) is 0 Å². The normalized spacial score (nSPS) is 20.3. The molecule has 1 fully saturated rings. The lowest BCUT2D eigenvalue weighted by molar-refractivity contribution is -0.0498. The SMILES string of the molecule is CC[C@@H]1CN(C(=O)OC(C)(C)C)[C@@H](C)CN1C(=O)c1ccc(OC(F)F)cc1. The summed E-state index contributed by atoms with van der Waals surface area (Å²) in [7, 11) is 0. The van der Waals surface area contributed by atoms with Crippen LogP contribution < -0.4 is 4.74 Å². The van der Waals surface area contributed by atoms with Gasteiger partial charge in [-0.2, -0.15) is 8.78 Å². The molecule has 6 nitrogen and oxygen atoms in total. The molecule has 0 bridgehead atoms. The molecule has 1 aromatic carbocycles. The minimum atomic E-state index is -2.91. The van der Waals surface area contributed by atoms with E-state index in [1.165, 1.54) is 24.3 Å². The number of amides is 2. The first-order valence-corrected chi connectivity index (χ1v) is 9.37. The van der Waals surface area contributed by atoms with Gasteiger partial charge in [-0.3, -0.25) is 4.79 Å². The monoisotopic (exact) mass is 398 g/mol. The Morgan fingerprint density at radius 1 is 1.14 bits per heavy atom. The molecule has 0 spiro atoms. The highest BCUT2D eigenvalue weighted by Gasteiger charge is 2.37. The van der Waals surface area contributed by atoms with Crippen LogP contribution in [0, 0.1) is 0 Å². The van der Waals surface area contributed by atoms with E-state index in [0.29, 0.717) is 25.1 Å². The Bertz CT molecular complexity index is 688. The Morgan fingerprint density at radius 2 is 1.75 bits per heavy atom. The molecule has 0 aromatic heterocycles. The van der Waals surface area contributed by atoms with E-state index < -0.39 is 12.2 Å². The Labute approximate surface area is 164 Å². The van der Waals surface area contributed by atoms with E-state index >= 15 is 0 Å². The molecule has 0 unspecified atom stereocenters. The summed E-state index contributed by atoms with van der Waals surface area (Å²) < 4.78 is 34.3. The number of hydrogen-bond donors (Lipinski definition) is 0. The summed E-state index contributed by atoms with van der Waals surface area (Å²) in [5.74, 6) is -0.201. The van der Waals surface area contributed by atoms with Crippen LogP contribution in [0.15, 0.2) is 24.3 Å². The second-order valence-corrected chi connectivity index (χ2v) is 7.90. The van der Waals surface area contributed by atoms with Crippen molar-refractivity contribution in [1.29, 1.82) is 0 Å². The van der Waals surface area contributed by atoms with E-state index in [1.807, 2.05) is 34.6 Å². The summed E-state index contributed by atoms with van der Waals surface area (Å²) in [6, 6.07) is 5.27. The van der Waals surface area contributed by atoms with E-state index in [-0.39, 0.29) is 29.8 Å². The zero-order chi connectivity index (χ0) is 21.1. The number of nitrogens with zero attached hydrogens (tertiary/aromatic N) is 2. The van der Waals surface area contributed by atoms with Gasteiger partial charge in [0, 0.05) is 30.7 Å². The molecule has 2 rings (SSSR count). The molecule has 0 N–H and O–H groups in total. The fourth-order valence-corrected chi connectivity index (χ4v) is 3.16. The number of carbonyl (C=O) groups is 2. The first-order chi connectivity index (χ1) is 13.0. The third-order valence-electron chi connectivity index (χ3n) is 4.53. The quantitative estimate of drug-likeness (QED) is 0.765. The minimum Gasteiger partial charge on any atom is -0.444 e. The van der Waals surface area contributed by atoms with Crippen LogP contribution in [0.2, 0.25) is 0 Å². The third kappa shape index (κ3) is 5.56. The first-order valence-electron chi connectivity index (χ1n) is 9.37. The maximum absolute atomic E-state index is 13.0. The molecule has 0 saturated carbocycles. The molecule has 1 heterocycles. The van der Waals surface area contributed by atoms with Crippen molar-refractivity contribution in [3.05, 3.63) is 29.8 Å².